The summed E-state index contributed by atoms with van der Waals surface area (Å²) in [4.78, 5) is 41.6. The summed E-state index contributed by atoms with van der Waals surface area (Å²) in [5.41, 5.74) is -0.0240. The largest absolute Gasteiger partial charge is 0.345 e. The number of rotatable bonds is 3. The van der Waals surface area contributed by atoms with Gasteiger partial charge in [-0.05, 0) is 18.2 Å². The number of nitrogens with zero attached hydrogens (tertiary/aromatic N) is 3. The van der Waals surface area contributed by atoms with Crippen LogP contribution in [-0.2, 0) is 7.05 Å². The van der Waals surface area contributed by atoms with Crippen LogP contribution in [0.15, 0.2) is 35.4 Å². The van der Waals surface area contributed by atoms with Crippen molar-refractivity contribution in [3.05, 3.63) is 57.2 Å². The Morgan fingerprint density at radius 1 is 1.35 bits per heavy atom. The third-order valence-corrected chi connectivity index (χ3v) is 3.39. The molecule has 1 N–H and O–H groups in total. The van der Waals surface area contributed by atoms with Crippen LogP contribution < -0.4 is 10.9 Å². The molecular weight excluding hydrogens is 320 g/mol. The van der Waals surface area contributed by atoms with E-state index in [-0.39, 0.29) is 27.9 Å². The minimum atomic E-state index is -0.574. The van der Waals surface area contributed by atoms with Crippen molar-refractivity contribution in [2.24, 2.45) is 7.05 Å². The Balaban J connectivity index is 2.40. The van der Waals surface area contributed by atoms with Crippen molar-refractivity contribution >= 4 is 29.1 Å². The molecule has 0 saturated heterocycles. The van der Waals surface area contributed by atoms with Crippen LogP contribution in [0.4, 0.5) is 5.69 Å². The number of hydrogen-bond acceptors (Lipinski definition) is 4. The minimum Gasteiger partial charge on any atom is -0.345 e. The van der Waals surface area contributed by atoms with E-state index in [0.717, 1.165) is 0 Å². The van der Waals surface area contributed by atoms with E-state index >= 15 is 0 Å². The van der Waals surface area contributed by atoms with Crippen molar-refractivity contribution in [2.45, 2.75) is 0 Å². The maximum absolute atomic E-state index is 12.2. The lowest BCUT2D eigenvalue weighted by atomic mass is 10.2. The molecule has 0 radical (unpaired) electrons. The molecule has 0 aliphatic rings. The first-order valence-corrected chi connectivity index (χ1v) is 7.03. The van der Waals surface area contributed by atoms with E-state index in [9.17, 15) is 14.4 Å². The standard InChI is InChI=1S/C15H15ClN4O3/c1-19(2)14(22)9-7-11(15(23)20(3)8-9)18-13(21)10-5-4-6-17-12(10)16/h4-8H,1-3H3,(H,18,21). The van der Waals surface area contributed by atoms with Crippen molar-refractivity contribution in [3.63, 3.8) is 0 Å². The Morgan fingerprint density at radius 2 is 2.04 bits per heavy atom. The third kappa shape index (κ3) is 3.57. The molecule has 0 aliphatic heterocycles. The van der Waals surface area contributed by atoms with E-state index in [1.54, 1.807) is 20.2 Å². The summed E-state index contributed by atoms with van der Waals surface area (Å²) in [7, 11) is 4.70. The Bertz CT molecular complexity index is 830. The van der Waals surface area contributed by atoms with Crippen molar-refractivity contribution in [1.29, 1.82) is 0 Å². The van der Waals surface area contributed by atoms with E-state index in [4.69, 9.17) is 11.6 Å². The Morgan fingerprint density at radius 3 is 2.65 bits per heavy atom. The molecule has 2 aromatic heterocycles. The second-order valence-corrected chi connectivity index (χ2v) is 5.41. The molecule has 2 amide bonds. The zero-order chi connectivity index (χ0) is 17.1. The van der Waals surface area contributed by atoms with E-state index in [1.807, 2.05) is 0 Å². The molecule has 7 nitrogen and oxygen atoms in total. The van der Waals surface area contributed by atoms with Gasteiger partial charge in [0.2, 0.25) is 0 Å². The molecule has 8 heteroatoms. The van der Waals surface area contributed by atoms with E-state index < -0.39 is 11.5 Å². The van der Waals surface area contributed by atoms with Crippen molar-refractivity contribution in [3.8, 4) is 0 Å². The minimum absolute atomic E-state index is 0.00915. The quantitative estimate of drug-likeness (QED) is 0.860. The molecule has 2 rings (SSSR count). The fraction of sp³-hybridized carbons (Fsp3) is 0.200. The van der Waals surface area contributed by atoms with Gasteiger partial charge in [0.15, 0.2) is 0 Å². The number of hydrogen-bond donors (Lipinski definition) is 1. The number of pyridine rings is 2. The van der Waals surface area contributed by atoms with Gasteiger partial charge in [-0.2, -0.15) is 0 Å². The Hall–Kier alpha value is -2.67. The molecule has 23 heavy (non-hydrogen) atoms. The van der Waals surface area contributed by atoms with Crippen LogP contribution in [0.5, 0.6) is 0 Å². The highest BCUT2D eigenvalue weighted by atomic mass is 35.5. The highest BCUT2D eigenvalue weighted by Crippen LogP contribution is 2.14. The topological polar surface area (TPSA) is 84.3 Å². The number of nitrogens with one attached hydrogen (secondary N) is 1. The molecule has 0 saturated carbocycles. The molecule has 0 fully saturated rings. The smallest absolute Gasteiger partial charge is 0.274 e. The van der Waals surface area contributed by atoms with Crippen molar-refractivity contribution < 1.29 is 9.59 Å². The first-order valence-electron chi connectivity index (χ1n) is 6.65. The first-order chi connectivity index (χ1) is 10.8. The second kappa shape index (κ2) is 6.62. The normalized spacial score (nSPS) is 10.3. The van der Waals surface area contributed by atoms with Gasteiger partial charge in [-0.3, -0.25) is 14.4 Å². The SMILES string of the molecule is CN(C)C(=O)c1cc(NC(=O)c2cccnc2Cl)c(=O)n(C)c1. The molecule has 0 spiro atoms. The van der Waals surface area contributed by atoms with Crippen LogP contribution >= 0.6 is 11.6 Å². The summed E-state index contributed by atoms with van der Waals surface area (Å²) >= 11 is 5.86. The number of halogens is 1. The van der Waals surface area contributed by atoms with Gasteiger partial charge in [-0.25, -0.2) is 4.98 Å². The second-order valence-electron chi connectivity index (χ2n) is 5.05. The highest BCUT2D eigenvalue weighted by molar-refractivity contribution is 6.33. The van der Waals surface area contributed by atoms with Crippen LogP contribution in [0, 0.1) is 0 Å². The number of carbonyl (C=O) groups is 2. The summed E-state index contributed by atoms with van der Waals surface area (Å²) in [5.74, 6) is -0.856. The van der Waals surface area contributed by atoms with Gasteiger partial charge in [0.1, 0.15) is 10.8 Å². The third-order valence-electron chi connectivity index (χ3n) is 3.09. The molecule has 0 unspecified atom stereocenters. The van der Waals surface area contributed by atoms with Gasteiger partial charge < -0.3 is 14.8 Å². The summed E-state index contributed by atoms with van der Waals surface area (Å²) in [5, 5.41) is 2.50. The Kier molecular flexibility index (Phi) is 4.80. The van der Waals surface area contributed by atoms with Gasteiger partial charge >= 0.3 is 0 Å². The van der Waals surface area contributed by atoms with Gasteiger partial charge in [0.25, 0.3) is 17.4 Å². The van der Waals surface area contributed by atoms with Crippen molar-refractivity contribution in [1.82, 2.24) is 14.5 Å². The highest BCUT2D eigenvalue weighted by Gasteiger charge is 2.16. The fourth-order valence-corrected chi connectivity index (χ4v) is 2.13. The number of carbonyl (C=O) groups excluding carboxylic acids is 2. The van der Waals surface area contributed by atoms with Crippen LogP contribution in [0.25, 0.3) is 0 Å². The number of anilines is 1. The van der Waals surface area contributed by atoms with E-state index in [2.05, 4.69) is 10.3 Å². The number of aromatic nitrogens is 2. The van der Waals surface area contributed by atoms with Gasteiger partial charge in [-0.15, -0.1) is 0 Å². The lowest BCUT2D eigenvalue weighted by molar-refractivity contribution is 0.0826. The molecule has 0 aliphatic carbocycles. The molecule has 0 aromatic carbocycles. The van der Waals surface area contributed by atoms with Crippen LogP contribution in [0.2, 0.25) is 5.15 Å². The predicted octanol–water partition coefficient (Wildman–Crippen LogP) is 1.39. The number of amides is 2. The maximum Gasteiger partial charge on any atom is 0.274 e. The average molecular weight is 335 g/mol. The molecule has 0 atom stereocenters. The molecule has 2 aromatic rings. The number of aryl methyl sites for hydroxylation is 1. The lowest BCUT2D eigenvalue weighted by Crippen LogP contribution is -2.28. The van der Waals surface area contributed by atoms with Gasteiger partial charge in [0.05, 0.1) is 11.1 Å². The zero-order valence-corrected chi connectivity index (χ0v) is 13.6. The summed E-state index contributed by atoms with van der Waals surface area (Å²) in [6.45, 7) is 0. The van der Waals surface area contributed by atoms with Crippen LogP contribution in [-0.4, -0.2) is 40.4 Å². The maximum atomic E-state index is 12.2. The van der Waals surface area contributed by atoms with Crippen LogP contribution in [0.1, 0.15) is 20.7 Å². The lowest BCUT2D eigenvalue weighted by Gasteiger charge is -2.13. The Labute approximate surface area is 137 Å². The van der Waals surface area contributed by atoms with E-state index in [1.165, 1.54) is 41.0 Å². The van der Waals surface area contributed by atoms with Crippen molar-refractivity contribution in [2.75, 3.05) is 19.4 Å². The van der Waals surface area contributed by atoms with Gasteiger partial charge in [0, 0.05) is 33.5 Å². The first kappa shape index (κ1) is 16.7. The van der Waals surface area contributed by atoms with Crippen LogP contribution in [0.3, 0.4) is 0 Å². The molecule has 0 bridgehead atoms. The predicted molar refractivity (Wildman–Crippen MR) is 86.9 cm³/mol. The summed E-state index contributed by atoms with van der Waals surface area (Å²) in [6, 6.07) is 4.39. The van der Waals surface area contributed by atoms with E-state index in [0.29, 0.717) is 0 Å². The summed E-state index contributed by atoms with van der Waals surface area (Å²) < 4.78 is 1.23. The van der Waals surface area contributed by atoms with Gasteiger partial charge in [-0.1, -0.05) is 11.6 Å². The fourth-order valence-electron chi connectivity index (χ4n) is 1.92. The molecule has 120 valence electrons. The summed E-state index contributed by atoms with van der Waals surface area (Å²) in [6.07, 6.45) is 2.87. The monoisotopic (exact) mass is 334 g/mol. The average Bonchev–Trinajstić information content (AvgIpc) is 2.51. The molecular formula is C15H15ClN4O3. The molecule has 2 heterocycles. The zero-order valence-electron chi connectivity index (χ0n) is 12.8.